The normalized spacial score (nSPS) is 50.3. The molecule has 158 valence electrons. The predicted molar refractivity (Wildman–Crippen MR) is 115 cm³/mol. The van der Waals surface area contributed by atoms with Crippen molar-refractivity contribution in [2.75, 3.05) is 0 Å². The fourth-order valence-corrected chi connectivity index (χ4v) is 8.58. The number of rotatable bonds is 2. The van der Waals surface area contributed by atoms with Gasteiger partial charge in [0.1, 0.15) is 5.60 Å². The highest BCUT2D eigenvalue weighted by Crippen LogP contribution is 2.69. The third-order valence-electron chi connectivity index (χ3n) is 9.60. The topological polar surface area (TPSA) is 35.5 Å². The lowest BCUT2D eigenvalue weighted by atomic mass is 9.58. The van der Waals surface area contributed by atoms with E-state index in [0.717, 1.165) is 6.42 Å². The first-order chi connectivity index (χ1) is 12.8. The highest BCUT2D eigenvalue weighted by Gasteiger charge is 2.76. The van der Waals surface area contributed by atoms with Crippen molar-refractivity contribution < 1.29 is 14.0 Å². The molecule has 1 saturated heterocycles. The number of allylic oxidation sites excluding steroid dienone is 1. The second-order valence-electron chi connectivity index (χ2n) is 11.9. The van der Waals surface area contributed by atoms with E-state index >= 15 is 0 Å². The molecule has 3 nitrogen and oxygen atoms in total. The third kappa shape index (κ3) is 2.46. The van der Waals surface area contributed by atoms with Crippen molar-refractivity contribution in [1.82, 2.24) is 0 Å². The quantitative estimate of drug-likeness (QED) is 0.338. The summed E-state index contributed by atoms with van der Waals surface area (Å²) in [5, 5.41) is 0.155. The molecule has 3 fully saturated rings. The molecule has 0 aromatic heterocycles. The lowest BCUT2D eigenvalue weighted by Gasteiger charge is -2.52. The molecule has 28 heavy (non-hydrogen) atoms. The molecule has 1 spiro atoms. The first-order valence-electron chi connectivity index (χ1n) is 11.4. The van der Waals surface area contributed by atoms with Gasteiger partial charge in [-0.05, 0) is 48.2 Å². The van der Waals surface area contributed by atoms with E-state index in [2.05, 4.69) is 73.7 Å². The van der Waals surface area contributed by atoms with Gasteiger partial charge in [-0.25, -0.2) is 0 Å². The van der Waals surface area contributed by atoms with Crippen LogP contribution in [0.2, 0.25) is 18.1 Å². The van der Waals surface area contributed by atoms with Crippen LogP contribution in [0.15, 0.2) is 12.2 Å². The highest BCUT2D eigenvalue weighted by atomic mass is 28.4. The number of carbonyl (C=O) groups excluding carboxylic acids is 1. The molecule has 10 atom stereocenters. The minimum atomic E-state index is -1.96. The Bertz CT molecular complexity index is 692. The third-order valence-corrected chi connectivity index (χ3v) is 14.1. The maximum absolute atomic E-state index is 13.2. The second kappa shape index (κ2) is 6.20. The SMILES string of the molecule is CC1C(O[Si](C)(C)C(C)(C)C)[C@H]2C=CC[C@@H](C)[C@@H]3C(C)C(C)[C@H]4[C@H]1C(=O)O[C@@]234. The molecular formula is C24H40O3Si. The maximum Gasteiger partial charge on any atom is 0.310 e. The molecule has 4 unspecified atom stereocenters. The maximum atomic E-state index is 13.2. The van der Waals surface area contributed by atoms with Crippen molar-refractivity contribution in [3.63, 3.8) is 0 Å². The average Bonchev–Trinajstić information content (AvgIpc) is 2.87. The van der Waals surface area contributed by atoms with Gasteiger partial charge in [0.25, 0.3) is 0 Å². The fourth-order valence-electron chi connectivity index (χ4n) is 7.18. The van der Waals surface area contributed by atoms with E-state index in [0.29, 0.717) is 29.6 Å². The number of hydrogen-bond acceptors (Lipinski definition) is 3. The van der Waals surface area contributed by atoms with E-state index in [4.69, 9.17) is 9.16 Å². The van der Waals surface area contributed by atoms with Crippen LogP contribution in [0.25, 0.3) is 0 Å². The summed E-state index contributed by atoms with van der Waals surface area (Å²) in [6, 6.07) is 0. The van der Waals surface area contributed by atoms with Crippen molar-refractivity contribution >= 4 is 14.3 Å². The van der Waals surface area contributed by atoms with Crippen LogP contribution < -0.4 is 0 Å². The first kappa shape index (κ1) is 20.7. The Labute approximate surface area is 172 Å². The van der Waals surface area contributed by atoms with Gasteiger partial charge in [0.15, 0.2) is 8.32 Å². The standard InChI is InChI=1S/C24H40O3Si/c1-13-11-10-12-17-21(27-28(8,9)23(5,6)7)16(4)18-20-15(3)14(2)19(13)24(17,20)26-22(18)25/h10,12-21H,11H2,1-9H3/t13-,14?,15?,16?,17-,18+,19-,20+,21?,24+/m1/s1. The smallest absolute Gasteiger partial charge is 0.310 e. The lowest BCUT2D eigenvalue weighted by molar-refractivity contribution is -0.164. The number of ether oxygens (including phenoxy) is 1. The molecule has 0 radical (unpaired) electrons. The van der Waals surface area contributed by atoms with E-state index in [1.165, 1.54) is 0 Å². The number of esters is 1. The summed E-state index contributed by atoms with van der Waals surface area (Å²) in [6.45, 7) is 21.0. The molecule has 4 rings (SSSR count). The molecule has 2 bridgehead atoms. The summed E-state index contributed by atoms with van der Waals surface area (Å²) in [5.41, 5.74) is -0.355. The first-order valence-corrected chi connectivity index (χ1v) is 14.3. The van der Waals surface area contributed by atoms with Crippen molar-refractivity contribution in [2.24, 2.45) is 47.3 Å². The summed E-state index contributed by atoms with van der Waals surface area (Å²) in [4.78, 5) is 13.2. The Morgan fingerprint density at radius 1 is 1.07 bits per heavy atom. The zero-order chi connectivity index (χ0) is 20.8. The minimum Gasteiger partial charge on any atom is -0.457 e. The Balaban J connectivity index is 1.84. The Hall–Kier alpha value is -0.613. The average molecular weight is 405 g/mol. The van der Waals surface area contributed by atoms with E-state index in [1.807, 2.05) is 0 Å². The fraction of sp³-hybridized carbons (Fsp3) is 0.875. The van der Waals surface area contributed by atoms with Gasteiger partial charge in [-0.3, -0.25) is 4.79 Å². The van der Waals surface area contributed by atoms with Gasteiger partial charge in [0.2, 0.25) is 0 Å². The van der Waals surface area contributed by atoms with Crippen LogP contribution in [0.3, 0.4) is 0 Å². The number of carbonyl (C=O) groups is 1. The van der Waals surface area contributed by atoms with Crippen LogP contribution in [-0.4, -0.2) is 26.0 Å². The summed E-state index contributed by atoms with van der Waals surface area (Å²) in [5.74, 6) is 2.85. The molecular weight excluding hydrogens is 364 g/mol. The van der Waals surface area contributed by atoms with Crippen molar-refractivity contribution in [3.8, 4) is 0 Å². The van der Waals surface area contributed by atoms with Gasteiger partial charge in [0.05, 0.1) is 12.0 Å². The summed E-state index contributed by atoms with van der Waals surface area (Å²) in [6.07, 6.45) is 5.90. The van der Waals surface area contributed by atoms with Gasteiger partial charge in [-0.2, -0.15) is 0 Å². The minimum absolute atomic E-state index is 0.00725. The molecule has 0 aromatic rings. The van der Waals surface area contributed by atoms with Crippen LogP contribution in [0.4, 0.5) is 0 Å². The molecule has 4 aliphatic rings. The van der Waals surface area contributed by atoms with Crippen LogP contribution in [0.5, 0.6) is 0 Å². The van der Waals surface area contributed by atoms with Gasteiger partial charge in [-0.15, -0.1) is 0 Å². The van der Waals surface area contributed by atoms with Crippen molar-refractivity contribution in [3.05, 3.63) is 12.2 Å². The highest BCUT2D eigenvalue weighted by molar-refractivity contribution is 6.74. The monoisotopic (exact) mass is 404 g/mol. The second-order valence-corrected chi connectivity index (χ2v) is 16.7. The van der Waals surface area contributed by atoms with Gasteiger partial charge < -0.3 is 9.16 Å². The van der Waals surface area contributed by atoms with E-state index in [1.54, 1.807) is 0 Å². The van der Waals surface area contributed by atoms with Crippen molar-refractivity contribution in [2.45, 2.75) is 84.7 Å². The zero-order valence-corrected chi connectivity index (χ0v) is 20.3. The molecule has 1 aliphatic heterocycles. The van der Waals surface area contributed by atoms with Gasteiger partial charge >= 0.3 is 5.97 Å². The van der Waals surface area contributed by atoms with Crippen LogP contribution in [0.1, 0.15) is 54.9 Å². The van der Waals surface area contributed by atoms with E-state index in [9.17, 15) is 4.79 Å². The predicted octanol–water partition coefficient (Wildman–Crippen LogP) is 5.67. The molecule has 0 amide bonds. The summed E-state index contributed by atoms with van der Waals surface area (Å²) < 4.78 is 13.6. The van der Waals surface area contributed by atoms with Gasteiger partial charge in [0, 0.05) is 17.8 Å². The Kier molecular flexibility index (Phi) is 4.57. The lowest BCUT2D eigenvalue weighted by Crippen LogP contribution is -2.60. The van der Waals surface area contributed by atoms with Crippen LogP contribution >= 0.6 is 0 Å². The van der Waals surface area contributed by atoms with Gasteiger partial charge in [-0.1, -0.05) is 60.6 Å². The molecule has 0 aromatic carbocycles. The molecule has 1 heterocycles. The number of hydrogen-bond donors (Lipinski definition) is 0. The van der Waals surface area contributed by atoms with E-state index in [-0.39, 0.29) is 40.5 Å². The summed E-state index contributed by atoms with van der Waals surface area (Å²) in [7, 11) is -1.96. The summed E-state index contributed by atoms with van der Waals surface area (Å²) >= 11 is 0. The molecule has 3 aliphatic carbocycles. The molecule has 2 saturated carbocycles. The largest absolute Gasteiger partial charge is 0.457 e. The zero-order valence-electron chi connectivity index (χ0n) is 19.3. The molecule has 0 N–H and O–H groups in total. The van der Waals surface area contributed by atoms with Crippen LogP contribution in [0, 0.1) is 47.3 Å². The Morgan fingerprint density at radius 2 is 1.68 bits per heavy atom. The molecule has 4 heteroatoms. The van der Waals surface area contributed by atoms with Crippen LogP contribution in [-0.2, 0) is 14.0 Å². The van der Waals surface area contributed by atoms with Crippen molar-refractivity contribution in [1.29, 1.82) is 0 Å². The Morgan fingerprint density at radius 3 is 2.29 bits per heavy atom. The van der Waals surface area contributed by atoms with E-state index < -0.39 is 8.32 Å².